The number of rotatable bonds is 0. The van der Waals surface area contributed by atoms with E-state index in [4.69, 9.17) is 22.6 Å². The van der Waals surface area contributed by atoms with Crippen LogP contribution in [0, 0.1) is 16.0 Å². The van der Waals surface area contributed by atoms with Crippen molar-refractivity contribution in [3.05, 3.63) is 29.0 Å². The molecule has 0 aromatic carbocycles. The lowest BCUT2D eigenvalue weighted by Gasteiger charge is -1.76. The van der Waals surface area contributed by atoms with Gasteiger partial charge in [0.2, 0.25) is 0 Å². The molecule has 0 unspecified atom stereocenters. The van der Waals surface area contributed by atoms with E-state index in [1.807, 2.05) is 24.4 Å². The van der Waals surface area contributed by atoms with E-state index in [0.717, 1.165) is 4.64 Å². The number of aromatic amines is 1. The molecule has 1 rings (SSSR count). The first-order chi connectivity index (χ1) is 5.31. The molecule has 1 heterocycles. The first-order valence-corrected chi connectivity index (χ1v) is 3.33. The van der Waals surface area contributed by atoms with Crippen LogP contribution < -0.4 is 0 Å². The lowest BCUT2D eigenvalue weighted by molar-refractivity contribution is 0.348. The van der Waals surface area contributed by atoms with Crippen molar-refractivity contribution in [2.45, 2.75) is 0 Å². The maximum atomic E-state index is 7.51. The Morgan fingerprint density at radius 2 is 2.27 bits per heavy atom. The van der Waals surface area contributed by atoms with Crippen molar-refractivity contribution < 1.29 is 5.11 Å². The quantitative estimate of drug-likeness (QED) is 0.452. The van der Waals surface area contributed by atoms with E-state index in [1.54, 1.807) is 0 Å². The molecule has 0 spiro atoms. The molecule has 0 amide bonds. The normalized spacial score (nSPS) is 7.27. The summed E-state index contributed by atoms with van der Waals surface area (Å²) in [6, 6.07) is 7.13. The second-order valence-electron chi connectivity index (χ2n) is 1.54. The average molecular weight is 168 g/mol. The first-order valence-electron chi connectivity index (χ1n) is 2.92. The van der Waals surface area contributed by atoms with Gasteiger partial charge in [-0.05, 0) is 12.1 Å². The minimum Gasteiger partial charge on any atom is -0.381 e. The number of pyridine rings is 1. The van der Waals surface area contributed by atoms with Crippen LogP contribution in [0.15, 0.2) is 24.4 Å². The van der Waals surface area contributed by atoms with E-state index in [0.29, 0.717) is 0 Å². The minimum atomic E-state index is -0.375. The summed E-state index contributed by atoms with van der Waals surface area (Å²) >= 11 is 4.76. The molecular formula is C7H8N2OS. The number of nitrogens with zero attached hydrogens (tertiary/aromatic N) is 1. The van der Waals surface area contributed by atoms with Crippen molar-refractivity contribution in [1.82, 2.24) is 4.98 Å². The molecule has 0 fully saturated rings. The highest BCUT2D eigenvalue weighted by atomic mass is 32.1. The van der Waals surface area contributed by atoms with Gasteiger partial charge in [0.1, 0.15) is 11.2 Å². The third-order valence-electron chi connectivity index (χ3n) is 0.751. The highest BCUT2D eigenvalue weighted by Gasteiger charge is 1.65. The molecule has 0 saturated heterocycles. The number of aliphatic hydroxyl groups is 1. The Bertz CT molecular complexity index is 259. The zero-order chi connectivity index (χ0) is 8.53. The Balaban J connectivity index is 0.000000218. The van der Waals surface area contributed by atoms with Crippen LogP contribution in [-0.4, -0.2) is 16.7 Å². The largest absolute Gasteiger partial charge is 0.381 e. The fraction of sp³-hybridized carbons (Fsp3) is 0.143. The van der Waals surface area contributed by atoms with E-state index in [-0.39, 0.29) is 6.61 Å². The van der Waals surface area contributed by atoms with Gasteiger partial charge in [-0.3, -0.25) is 0 Å². The van der Waals surface area contributed by atoms with Gasteiger partial charge in [-0.2, -0.15) is 5.26 Å². The predicted molar refractivity (Wildman–Crippen MR) is 44.3 cm³/mol. The highest BCUT2D eigenvalue weighted by Crippen LogP contribution is 1.80. The van der Waals surface area contributed by atoms with E-state index in [2.05, 4.69) is 4.98 Å². The molecule has 0 aliphatic rings. The summed E-state index contributed by atoms with van der Waals surface area (Å²) in [4.78, 5) is 2.85. The van der Waals surface area contributed by atoms with Gasteiger partial charge in [-0.1, -0.05) is 18.3 Å². The summed E-state index contributed by atoms with van der Waals surface area (Å²) in [5, 5.41) is 14.9. The Hall–Kier alpha value is -1.18. The van der Waals surface area contributed by atoms with Crippen LogP contribution in [0.2, 0.25) is 0 Å². The number of aliphatic hydroxyl groups excluding tert-OH is 1. The van der Waals surface area contributed by atoms with Gasteiger partial charge in [0.05, 0.1) is 6.07 Å². The number of aromatic nitrogens is 1. The van der Waals surface area contributed by atoms with Gasteiger partial charge in [0, 0.05) is 6.20 Å². The molecule has 0 atom stereocenters. The summed E-state index contributed by atoms with van der Waals surface area (Å²) in [5.41, 5.74) is 0. The summed E-state index contributed by atoms with van der Waals surface area (Å²) < 4.78 is 0.780. The highest BCUT2D eigenvalue weighted by molar-refractivity contribution is 7.71. The average Bonchev–Trinajstić information content (AvgIpc) is 2.07. The number of nitrogens with one attached hydrogen (secondary N) is 1. The molecule has 0 aliphatic heterocycles. The fourth-order valence-corrected chi connectivity index (χ4v) is 0.523. The van der Waals surface area contributed by atoms with E-state index in [9.17, 15) is 0 Å². The van der Waals surface area contributed by atoms with Crippen molar-refractivity contribution in [3.63, 3.8) is 0 Å². The second kappa shape index (κ2) is 6.93. The van der Waals surface area contributed by atoms with Crippen molar-refractivity contribution in [2.24, 2.45) is 0 Å². The van der Waals surface area contributed by atoms with Crippen LogP contribution in [0.4, 0.5) is 0 Å². The molecule has 2 N–H and O–H groups in total. The molecule has 4 heteroatoms. The second-order valence-corrected chi connectivity index (χ2v) is 1.98. The first kappa shape index (κ1) is 9.82. The summed E-state index contributed by atoms with van der Waals surface area (Å²) in [5.74, 6) is 0. The Morgan fingerprint density at radius 1 is 1.64 bits per heavy atom. The van der Waals surface area contributed by atoms with E-state index >= 15 is 0 Å². The van der Waals surface area contributed by atoms with Gasteiger partial charge >= 0.3 is 0 Å². The molecule has 0 bridgehead atoms. The number of nitriles is 1. The summed E-state index contributed by atoms with van der Waals surface area (Å²) in [7, 11) is 0. The van der Waals surface area contributed by atoms with Gasteiger partial charge in [-0.15, -0.1) is 0 Å². The van der Waals surface area contributed by atoms with Gasteiger partial charge in [-0.25, -0.2) is 0 Å². The number of hydrogen-bond donors (Lipinski definition) is 2. The van der Waals surface area contributed by atoms with Crippen molar-refractivity contribution in [1.29, 1.82) is 5.26 Å². The standard InChI is InChI=1S/C5H5NS.C2H3NO/c7-5-3-1-2-4-6-5;3-1-2-4/h1-4H,(H,6,7);4H,2H2. The molecule has 11 heavy (non-hydrogen) atoms. The van der Waals surface area contributed by atoms with Crippen LogP contribution in [0.5, 0.6) is 0 Å². The molecule has 3 nitrogen and oxygen atoms in total. The zero-order valence-corrected chi connectivity index (χ0v) is 6.64. The lowest BCUT2D eigenvalue weighted by Crippen LogP contribution is -1.64. The molecule has 1 aromatic heterocycles. The number of hydrogen-bond acceptors (Lipinski definition) is 3. The minimum absolute atomic E-state index is 0.375. The monoisotopic (exact) mass is 168 g/mol. The Morgan fingerprint density at radius 3 is 2.45 bits per heavy atom. The molecule has 0 aliphatic carbocycles. The predicted octanol–water partition coefficient (Wildman–Crippen LogP) is 1.25. The summed E-state index contributed by atoms with van der Waals surface area (Å²) in [6.07, 6.45) is 1.81. The smallest absolute Gasteiger partial charge is 0.130 e. The maximum Gasteiger partial charge on any atom is 0.130 e. The Labute approximate surface area is 69.9 Å². The van der Waals surface area contributed by atoms with Gasteiger partial charge in [0.25, 0.3) is 0 Å². The topological polar surface area (TPSA) is 59.8 Å². The maximum absolute atomic E-state index is 7.51. The zero-order valence-electron chi connectivity index (χ0n) is 5.82. The van der Waals surface area contributed by atoms with E-state index in [1.165, 1.54) is 6.07 Å². The Kier molecular flexibility index (Phi) is 6.19. The van der Waals surface area contributed by atoms with Crippen LogP contribution in [-0.2, 0) is 0 Å². The van der Waals surface area contributed by atoms with Crippen LogP contribution in [0.25, 0.3) is 0 Å². The number of H-pyrrole nitrogens is 1. The summed E-state index contributed by atoms with van der Waals surface area (Å²) in [6.45, 7) is -0.375. The van der Waals surface area contributed by atoms with Gasteiger partial charge in [0.15, 0.2) is 0 Å². The molecule has 0 radical (unpaired) electrons. The third-order valence-corrected chi connectivity index (χ3v) is 1.01. The molecule has 0 saturated carbocycles. The van der Waals surface area contributed by atoms with E-state index < -0.39 is 0 Å². The van der Waals surface area contributed by atoms with Crippen LogP contribution in [0.1, 0.15) is 0 Å². The third kappa shape index (κ3) is 6.71. The van der Waals surface area contributed by atoms with Crippen molar-refractivity contribution >= 4 is 12.2 Å². The molecule has 1 aromatic rings. The SMILES string of the molecule is N#CCO.S=c1cccc[nH]1. The van der Waals surface area contributed by atoms with Crippen molar-refractivity contribution in [3.8, 4) is 6.07 Å². The van der Waals surface area contributed by atoms with Crippen LogP contribution >= 0.6 is 12.2 Å². The lowest BCUT2D eigenvalue weighted by atomic mass is 10.5. The molecular weight excluding hydrogens is 160 g/mol. The molecule has 58 valence electrons. The fourth-order valence-electron chi connectivity index (χ4n) is 0.377. The van der Waals surface area contributed by atoms with Crippen LogP contribution in [0.3, 0.4) is 0 Å². The van der Waals surface area contributed by atoms with Gasteiger partial charge < -0.3 is 10.1 Å². The van der Waals surface area contributed by atoms with Crippen molar-refractivity contribution in [2.75, 3.05) is 6.61 Å².